The first-order chi connectivity index (χ1) is 7.66. The summed E-state index contributed by atoms with van der Waals surface area (Å²) in [5.41, 5.74) is 6.11. The summed E-state index contributed by atoms with van der Waals surface area (Å²) in [6.45, 7) is 0. The molecule has 0 aromatic heterocycles. The van der Waals surface area contributed by atoms with Gasteiger partial charge in [0.25, 0.3) is 0 Å². The summed E-state index contributed by atoms with van der Waals surface area (Å²) in [5, 5.41) is 1.75. The number of hydrogen-bond acceptors (Lipinski definition) is 2. The van der Waals surface area contributed by atoms with Crippen molar-refractivity contribution in [2.75, 3.05) is 0 Å². The Morgan fingerprint density at radius 1 is 1.12 bits per heavy atom. The molecule has 1 saturated carbocycles. The van der Waals surface area contributed by atoms with Gasteiger partial charge in [-0.05, 0) is 31.0 Å². The van der Waals surface area contributed by atoms with Crippen molar-refractivity contribution in [3.63, 3.8) is 0 Å². The fourth-order valence-electron chi connectivity index (χ4n) is 2.00. The molecule has 0 spiro atoms. The lowest BCUT2D eigenvalue weighted by Crippen LogP contribution is -2.35. The number of hydrogen-bond donors (Lipinski definition) is 1. The van der Waals surface area contributed by atoms with Gasteiger partial charge in [0.15, 0.2) is 0 Å². The van der Waals surface area contributed by atoms with Gasteiger partial charge in [0.1, 0.15) is 0 Å². The summed E-state index contributed by atoms with van der Waals surface area (Å²) in [6.07, 6.45) is 4.89. The largest absolute Gasteiger partial charge is 0.327 e. The van der Waals surface area contributed by atoms with E-state index in [4.69, 9.17) is 28.9 Å². The van der Waals surface area contributed by atoms with E-state index < -0.39 is 0 Å². The monoisotopic (exact) mass is 275 g/mol. The van der Waals surface area contributed by atoms with Crippen molar-refractivity contribution >= 4 is 35.0 Å². The Kier molecular flexibility index (Phi) is 4.42. The predicted octanol–water partition coefficient (Wildman–Crippen LogP) is 4.36. The quantitative estimate of drug-likeness (QED) is 0.868. The van der Waals surface area contributed by atoms with E-state index in [9.17, 15) is 0 Å². The maximum Gasteiger partial charge on any atom is 0.0603 e. The van der Waals surface area contributed by atoms with Crippen LogP contribution in [0.25, 0.3) is 0 Å². The van der Waals surface area contributed by atoms with Crippen LogP contribution in [0.1, 0.15) is 25.7 Å². The van der Waals surface area contributed by atoms with Crippen molar-refractivity contribution < 1.29 is 0 Å². The molecule has 0 bridgehead atoms. The smallest absolute Gasteiger partial charge is 0.0603 e. The molecule has 4 heteroatoms. The third-order valence-corrected chi connectivity index (χ3v) is 5.09. The van der Waals surface area contributed by atoms with Gasteiger partial charge in [-0.25, -0.2) is 0 Å². The zero-order chi connectivity index (χ0) is 11.5. The number of halogens is 2. The fraction of sp³-hybridized carbons (Fsp3) is 0.500. The molecule has 0 heterocycles. The van der Waals surface area contributed by atoms with Crippen molar-refractivity contribution in [3.05, 3.63) is 28.2 Å². The Labute approximate surface area is 111 Å². The molecule has 16 heavy (non-hydrogen) atoms. The van der Waals surface area contributed by atoms with Gasteiger partial charge >= 0.3 is 0 Å². The second kappa shape index (κ2) is 5.63. The lowest BCUT2D eigenvalue weighted by molar-refractivity contribution is 0.453. The highest BCUT2D eigenvalue weighted by atomic mass is 35.5. The lowest BCUT2D eigenvalue weighted by atomic mass is 9.96. The Morgan fingerprint density at radius 3 is 2.56 bits per heavy atom. The van der Waals surface area contributed by atoms with Crippen molar-refractivity contribution in [3.8, 4) is 0 Å². The van der Waals surface area contributed by atoms with E-state index in [0.29, 0.717) is 21.3 Å². The molecule has 0 radical (unpaired) electrons. The molecule has 1 fully saturated rings. The van der Waals surface area contributed by atoms with Crippen LogP contribution in [0.3, 0.4) is 0 Å². The van der Waals surface area contributed by atoms with Crippen molar-refractivity contribution in [1.82, 2.24) is 0 Å². The SMILES string of the molecule is NC1CCCCC1Sc1ccc(Cl)c(Cl)c1. The second-order valence-electron chi connectivity index (χ2n) is 4.18. The zero-order valence-electron chi connectivity index (χ0n) is 8.96. The highest BCUT2D eigenvalue weighted by Crippen LogP contribution is 2.35. The van der Waals surface area contributed by atoms with Crippen LogP contribution in [0.5, 0.6) is 0 Å². The van der Waals surface area contributed by atoms with Gasteiger partial charge in [0, 0.05) is 16.2 Å². The topological polar surface area (TPSA) is 26.0 Å². The second-order valence-corrected chi connectivity index (χ2v) is 6.31. The van der Waals surface area contributed by atoms with E-state index in [-0.39, 0.29) is 0 Å². The van der Waals surface area contributed by atoms with E-state index in [1.165, 1.54) is 19.3 Å². The number of benzene rings is 1. The summed E-state index contributed by atoms with van der Waals surface area (Å²) in [4.78, 5) is 1.16. The Balaban J connectivity index is 2.05. The number of nitrogens with two attached hydrogens (primary N) is 1. The van der Waals surface area contributed by atoms with Crippen LogP contribution in [0.4, 0.5) is 0 Å². The van der Waals surface area contributed by atoms with E-state index in [1.807, 2.05) is 30.0 Å². The summed E-state index contributed by atoms with van der Waals surface area (Å²) < 4.78 is 0. The van der Waals surface area contributed by atoms with Crippen molar-refractivity contribution in [1.29, 1.82) is 0 Å². The Bertz CT molecular complexity index is 370. The first kappa shape index (κ1) is 12.6. The Morgan fingerprint density at radius 2 is 1.88 bits per heavy atom. The molecule has 0 aliphatic heterocycles. The maximum atomic E-state index is 6.11. The van der Waals surface area contributed by atoms with Crippen LogP contribution in [-0.4, -0.2) is 11.3 Å². The van der Waals surface area contributed by atoms with Gasteiger partial charge in [-0.2, -0.15) is 0 Å². The summed E-state index contributed by atoms with van der Waals surface area (Å²) in [5.74, 6) is 0. The Hall–Kier alpha value is 0.110. The molecule has 2 N–H and O–H groups in total. The average Bonchev–Trinajstić information content (AvgIpc) is 2.27. The van der Waals surface area contributed by atoms with Crippen LogP contribution in [0.2, 0.25) is 10.0 Å². The molecule has 1 aliphatic carbocycles. The van der Waals surface area contributed by atoms with E-state index >= 15 is 0 Å². The molecule has 1 nitrogen and oxygen atoms in total. The van der Waals surface area contributed by atoms with E-state index in [2.05, 4.69) is 0 Å². The van der Waals surface area contributed by atoms with Crippen molar-refractivity contribution in [2.24, 2.45) is 5.73 Å². The maximum absolute atomic E-state index is 6.11. The van der Waals surface area contributed by atoms with Gasteiger partial charge in [0.2, 0.25) is 0 Å². The van der Waals surface area contributed by atoms with Crippen molar-refractivity contribution in [2.45, 2.75) is 41.9 Å². The molecule has 0 saturated heterocycles. The predicted molar refractivity (Wildman–Crippen MR) is 72.6 cm³/mol. The van der Waals surface area contributed by atoms with Gasteiger partial charge < -0.3 is 5.73 Å². The van der Waals surface area contributed by atoms with Gasteiger partial charge in [-0.1, -0.05) is 36.0 Å². The third kappa shape index (κ3) is 3.07. The molecule has 1 aromatic carbocycles. The standard InChI is InChI=1S/C12H15Cl2NS/c13-9-6-5-8(7-10(9)14)16-12-4-2-1-3-11(12)15/h5-7,11-12H,1-4,15H2. The van der Waals surface area contributed by atoms with Crippen LogP contribution in [0.15, 0.2) is 23.1 Å². The summed E-state index contributed by atoms with van der Waals surface area (Å²) in [6, 6.07) is 6.10. The minimum Gasteiger partial charge on any atom is -0.327 e. The number of rotatable bonds is 2. The molecule has 2 rings (SSSR count). The van der Waals surface area contributed by atoms with Gasteiger partial charge in [-0.15, -0.1) is 11.8 Å². The highest BCUT2D eigenvalue weighted by molar-refractivity contribution is 8.00. The molecule has 0 amide bonds. The number of thioether (sulfide) groups is 1. The van der Waals surface area contributed by atoms with Gasteiger partial charge in [-0.3, -0.25) is 0 Å². The average molecular weight is 276 g/mol. The van der Waals surface area contributed by atoms with E-state index in [1.54, 1.807) is 0 Å². The van der Waals surface area contributed by atoms with Crippen LogP contribution < -0.4 is 5.73 Å². The fourth-order valence-corrected chi connectivity index (χ4v) is 3.64. The third-order valence-electron chi connectivity index (χ3n) is 2.93. The molecule has 1 aliphatic rings. The molecular weight excluding hydrogens is 261 g/mol. The first-order valence-electron chi connectivity index (χ1n) is 5.54. The summed E-state index contributed by atoms with van der Waals surface area (Å²) >= 11 is 13.7. The van der Waals surface area contributed by atoms with Crippen LogP contribution >= 0.6 is 35.0 Å². The lowest BCUT2D eigenvalue weighted by Gasteiger charge is -2.27. The van der Waals surface area contributed by atoms with Gasteiger partial charge in [0.05, 0.1) is 10.0 Å². The van der Waals surface area contributed by atoms with E-state index in [0.717, 1.165) is 11.3 Å². The highest BCUT2D eigenvalue weighted by Gasteiger charge is 2.22. The first-order valence-corrected chi connectivity index (χ1v) is 7.17. The minimum absolute atomic E-state index is 0.313. The molecular formula is C12H15Cl2NS. The van der Waals surface area contributed by atoms with Crippen LogP contribution in [0, 0.1) is 0 Å². The molecule has 88 valence electrons. The minimum atomic E-state index is 0.313. The normalized spacial score (nSPS) is 25.7. The molecule has 2 unspecified atom stereocenters. The van der Waals surface area contributed by atoms with Crippen LogP contribution in [-0.2, 0) is 0 Å². The molecule has 1 aromatic rings. The summed E-state index contributed by atoms with van der Waals surface area (Å²) in [7, 11) is 0. The zero-order valence-corrected chi connectivity index (χ0v) is 11.3. The molecule has 2 atom stereocenters.